The topological polar surface area (TPSA) is 88.9 Å². The van der Waals surface area contributed by atoms with Crippen molar-refractivity contribution in [2.75, 3.05) is 31.1 Å². The number of hydrogen-bond donors (Lipinski definition) is 0. The minimum Gasteiger partial charge on any atom is -0.366 e. The summed E-state index contributed by atoms with van der Waals surface area (Å²) in [6.07, 6.45) is 0. The first-order chi connectivity index (χ1) is 16.1. The second-order valence-electron chi connectivity index (χ2n) is 8.28. The first kappa shape index (κ1) is 20.7. The van der Waals surface area contributed by atoms with Crippen molar-refractivity contribution >= 4 is 27.5 Å². The molecule has 0 saturated carbocycles. The summed E-state index contributed by atoms with van der Waals surface area (Å²) in [5, 5.41) is 21.6. The molecule has 0 atom stereocenters. The number of rotatable bonds is 3. The normalized spacial score (nSPS) is 14.3. The van der Waals surface area contributed by atoms with E-state index >= 15 is 0 Å². The van der Waals surface area contributed by atoms with Crippen LogP contribution in [0.5, 0.6) is 0 Å². The summed E-state index contributed by atoms with van der Waals surface area (Å²) in [6.45, 7) is 3.76. The zero-order valence-electron chi connectivity index (χ0n) is 18.3. The van der Waals surface area contributed by atoms with Crippen LogP contribution in [-0.4, -0.2) is 40.6 Å². The first-order valence-electron chi connectivity index (χ1n) is 10.9. The first-order valence-corrected chi connectivity index (χ1v) is 10.9. The summed E-state index contributed by atoms with van der Waals surface area (Å²) in [7, 11) is 1.63. The molecule has 1 fully saturated rings. The van der Waals surface area contributed by atoms with E-state index in [0.717, 1.165) is 19.6 Å². The Morgan fingerprint density at radius 2 is 1.70 bits per heavy atom. The van der Waals surface area contributed by atoms with Crippen molar-refractivity contribution in [3.05, 3.63) is 81.8 Å². The Labute approximate surface area is 191 Å². The number of nitrogens with zero attached hydrogens (tertiary/aromatic N) is 6. The Balaban J connectivity index is 1.46. The fraction of sp³-hybridized carbons (Fsp3) is 0.231. The minimum absolute atomic E-state index is 0.0788. The van der Waals surface area contributed by atoms with Crippen LogP contribution in [-0.2, 0) is 13.6 Å². The smallest absolute Gasteiger partial charge is 0.270 e. The van der Waals surface area contributed by atoms with Gasteiger partial charge in [0.05, 0.1) is 11.2 Å². The Hall–Kier alpha value is -4.20. The van der Waals surface area contributed by atoms with Crippen molar-refractivity contribution in [1.29, 1.82) is 10.5 Å². The van der Waals surface area contributed by atoms with E-state index in [4.69, 9.17) is 0 Å². The average Bonchev–Trinajstić information content (AvgIpc) is 2.86. The third kappa shape index (κ3) is 3.59. The zero-order chi connectivity index (χ0) is 22.9. The zero-order valence-corrected chi connectivity index (χ0v) is 18.3. The van der Waals surface area contributed by atoms with Gasteiger partial charge in [0.1, 0.15) is 28.9 Å². The third-order valence-electron chi connectivity index (χ3n) is 6.40. The van der Waals surface area contributed by atoms with Gasteiger partial charge in [-0.2, -0.15) is 10.5 Å². The minimum atomic E-state index is -0.343. The Kier molecular flexibility index (Phi) is 5.26. The lowest BCUT2D eigenvalue weighted by Gasteiger charge is -2.37. The van der Waals surface area contributed by atoms with E-state index in [1.165, 1.54) is 20.9 Å². The molecule has 7 nitrogen and oxygen atoms in total. The van der Waals surface area contributed by atoms with Gasteiger partial charge in [0.25, 0.3) is 5.56 Å². The van der Waals surface area contributed by atoms with Crippen LogP contribution in [0.15, 0.2) is 59.4 Å². The van der Waals surface area contributed by atoms with Gasteiger partial charge < -0.3 is 9.47 Å². The van der Waals surface area contributed by atoms with Crippen LogP contribution in [0.4, 0.5) is 5.69 Å². The van der Waals surface area contributed by atoms with E-state index in [2.05, 4.69) is 69.4 Å². The van der Waals surface area contributed by atoms with Gasteiger partial charge in [-0.25, -0.2) is 4.98 Å². The molecule has 0 aliphatic carbocycles. The van der Waals surface area contributed by atoms with Crippen LogP contribution in [0.3, 0.4) is 0 Å². The SMILES string of the molecule is Cn1c(=O)c(C#N)c(N2CCN(Cc3cccc4ccccc34)CC2)c2nc(C#N)ccc21. The van der Waals surface area contributed by atoms with E-state index in [0.29, 0.717) is 29.8 Å². The maximum absolute atomic E-state index is 12.9. The molecule has 0 unspecified atom stereocenters. The lowest BCUT2D eigenvalue weighted by molar-refractivity contribution is 0.251. The van der Waals surface area contributed by atoms with Crippen LogP contribution >= 0.6 is 0 Å². The lowest BCUT2D eigenvalue weighted by atomic mass is 10.0. The van der Waals surface area contributed by atoms with Crippen molar-refractivity contribution in [3.8, 4) is 12.1 Å². The summed E-state index contributed by atoms with van der Waals surface area (Å²) in [6, 6.07) is 22.3. The molecule has 33 heavy (non-hydrogen) atoms. The maximum atomic E-state index is 12.9. The van der Waals surface area contributed by atoms with Crippen LogP contribution in [0, 0.1) is 22.7 Å². The molecule has 2 aromatic carbocycles. The molecule has 0 amide bonds. The highest BCUT2D eigenvalue weighted by molar-refractivity contribution is 5.92. The second kappa shape index (κ2) is 8.38. The number of hydrogen-bond acceptors (Lipinski definition) is 6. The van der Waals surface area contributed by atoms with Crippen molar-refractivity contribution in [1.82, 2.24) is 14.5 Å². The van der Waals surface area contributed by atoms with E-state index in [-0.39, 0.29) is 16.8 Å². The lowest BCUT2D eigenvalue weighted by Crippen LogP contribution is -2.47. The van der Waals surface area contributed by atoms with E-state index in [9.17, 15) is 15.3 Å². The van der Waals surface area contributed by atoms with Gasteiger partial charge in [-0.3, -0.25) is 9.69 Å². The van der Waals surface area contributed by atoms with Crippen molar-refractivity contribution < 1.29 is 0 Å². The fourth-order valence-corrected chi connectivity index (χ4v) is 4.67. The van der Waals surface area contributed by atoms with Crippen molar-refractivity contribution in [2.24, 2.45) is 7.05 Å². The summed E-state index contributed by atoms with van der Waals surface area (Å²) < 4.78 is 1.43. The molecule has 0 spiro atoms. The second-order valence-corrected chi connectivity index (χ2v) is 8.28. The molecule has 4 aromatic rings. The van der Waals surface area contributed by atoms with E-state index in [1.54, 1.807) is 19.2 Å². The molecule has 5 rings (SSSR count). The van der Waals surface area contributed by atoms with Gasteiger partial charge >= 0.3 is 0 Å². The van der Waals surface area contributed by atoms with Crippen LogP contribution in [0.25, 0.3) is 21.8 Å². The number of fused-ring (bicyclic) bond motifs is 2. The number of piperazine rings is 1. The molecular formula is C26H22N6O. The molecule has 2 aromatic heterocycles. The predicted octanol–water partition coefficient (Wildman–Crippen LogP) is 3.15. The van der Waals surface area contributed by atoms with Crippen LogP contribution in [0.1, 0.15) is 16.8 Å². The highest BCUT2D eigenvalue weighted by Crippen LogP contribution is 2.29. The largest absolute Gasteiger partial charge is 0.366 e. The van der Waals surface area contributed by atoms with Crippen molar-refractivity contribution in [2.45, 2.75) is 6.54 Å². The summed E-state index contributed by atoms with van der Waals surface area (Å²) in [4.78, 5) is 21.8. The summed E-state index contributed by atoms with van der Waals surface area (Å²) in [5.74, 6) is 0. The molecule has 1 aliphatic heterocycles. The Morgan fingerprint density at radius 1 is 0.939 bits per heavy atom. The average molecular weight is 435 g/mol. The van der Waals surface area contributed by atoms with Gasteiger partial charge in [0, 0.05) is 39.8 Å². The Morgan fingerprint density at radius 3 is 2.45 bits per heavy atom. The molecule has 0 bridgehead atoms. The third-order valence-corrected chi connectivity index (χ3v) is 6.40. The van der Waals surface area contributed by atoms with Gasteiger partial charge in [0.15, 0.2) is 0 Å². The monoisotopic (exact) mass is 434 g/mol. The molecule has 162 valence electrons. The number of aromatic nitrogens is 2. The molecule has 0 N–H and O–H groups in total. The summed E-state index contributed by atoms with van der Waals surface area (Å²) in [5.41, 5.74) is 2.97. The predicted molar refractivity (Wildman–Crippen MR) is 128 cm³/mol. The van der Waals surface area contributed by atoms with Crippen LogP contribution in [0.2, 0.25) is 0 Å². The number of nitriles is 2. The molecule has 0 radical (unpaired) electrons. The van der Waals surface area contributed by atoms with E-state index < -0.39 is 0 Å². The fourth-order valence-electron chi connectivity index (χ4n) is 4.67. The molecule has 1 aliphatic rings. The van der Waals surface area contributed by atoms with Crippen molar-refractivity contribution in [3.63, 3.8) is 0 Å². The van der Waals surface area contributed by atoms with Crippen LogP contribution < -0.4 is 10.5 Å². The maximum Gasteiger partial charge on any atom is 0.270 e. The highest BCUT2D eigenvalue weighted by Gasteiger charge is 2.25. The highest BCUT2D eigenvalue weighted by atomic mass is 16.1. The number of anilines is 1. The standard InChI is InChI=1S/C26H22N6O/c1-30-23-10-9-20(15-27)29-24(23)25(22(16-28)26(30)33)32-13-11-31(12-14-32)17-19-7-4-6-18-5-2-3-8-21(18)19/h2-10H,11-14,17H2,1H3. The van der Waals surface area contributed by atoms with Gasteiger partial charge in [-0.15, -0.1) is 0 Å². The van der Waals surface area contributed by atoms with Gasteiger partial charge in [-0.05, 0) is 28.5 Å². The quantitative estimate of drug-likeness (QED) is 0.492. The summed E-state index contributed by atoms with van der Waals surface area (Å²) >= 11 is 0. The molecule has 7 heteroatoms. The number of benzene rings is 2. The number of aryl methyl sites for hydroxylation is 1. The van der Waals surface area contributed by atoms with Gasteiger partial charge in [0.2, 0.25) is 0 Å². The Bertz CT molecular complexity index is 1510. The molecule has 3 heterocycles. The molecule has 1 saturated heterocycles. The van der Waals surface area contributed by atoms with E-state index in [1.807, 2.05) is 0 Å². The van der Waals surface area contributed by atoms with Gasteiger partial charge in [-0.1, -0.05) is 42.5 Å². The number of pyridine rings is 2. The molecular weight excluding hydrogens is 412 g/mol.